The minimum Gasteiger partial charge on any atom is -0.303 e. The minimum atomic E-state index is 0.246. The first-order chi connectivity index (χ1) is 6.11. The number of rotatable bonds is 2. The first-order valence-electron chi connectivity index (χ1n) is 5.41. The normalized spacial score (nSPS) is 42.5. The van der Waals surface area contributed by atoms with E-state index in [-0.39, 0.29) is 11.3 Å². The van der Waals surface area contributed by atoms with Crippen molar-refractivity contribution in [2.45, 2.75) is 40.0 Å². The molecule has 3 atom stereocenters. The monoisotopic (exact) mass is 179 g/mol. The van der Waals surface area contributed by atoms with E-state index < -0.39 is 0 Å². The predicted octanol–water partition coefficient (Wildman–Crippen LogP) is 2.85. The van der Waals surface area contributed by atoms with E-state index in [1.165, 1.54) is 31.5 Å². The molecule has 0 N–H and O–H groups in total. The molecule has 2 rings (SSSR count). The Bertz CT molecular complexity index is 219. The average molecular weight is 179 g/mol. The van der Waals surface area contributed by atoms with E-state index >= 15 is 0 Å². The van der Waals surface area contributed by atoms with Gasteiger partial charge in [-0.2, -0.15) is 0 Å². The zero-order chi connectivity index (χ0) is 9.64. The Morgan fingerprint density at radius 3 is 2.62 bits per heavy atom. The minimum absolute atomic E-state index is 0.246. The van der Waals surface area contributed by atoms with E-state index in [2.05, 4.69) is 20.8 Å². The third-order valence-electron chi connectivity index (χ3n) is 4.43. The van der Waals surface area contributed by atoms with Gasteiger partial charge in [-0.05, 0) is 36.0 Å². The fourth-order valence-corrected chi connectivity index (χ4v) is 3.59. The first-order valence-corrected chi connectivity index (χ1v) is 5.41. The summed E-state index contributed by atoms with van der Waals surface area (Å²) in [5, 5.41) is 0. The summed E-state index contributed by atoms with van der Waals surface area (Å²) in [4.78, 5) is 11.0. The molecule has 0 aromatic carbocycles. The molecule has 0 heterocycles. The van der Waals surface area contributed by atoms with Gasteiger partial charge in [-0.15, -0.1) is 0 Å². The largest absolute Gasteiger partial charge is 0.303 e. The average Bonchev–Trinajstić information content (AvgIpc) is 2.58. The van der Waals surface area contributed by atoms with Gasteiger partial charge in [0.05, 0.1) is 0 Å². The van der Waals surface area contributed by atoms with Crippen molar-refractivity contribution in [2.75, 3.05) is 0 Å². The molecule has 1 nitrogen and oxygen atoms in total. The summed E-state index contributed by atoms with van der Waals surface area (Å²) < 4.78 is 0. The van der Waals surface area contributed by atoms with Gasteiger partial charge in [0.15, 0.2) is 0 Å². The molecule has 2 aliphatic carbocycles. The van der Waals surface area contributed by atoms with Crippen LogP contribution >= 0.6 is 0 Å². The van der Waals surface area contributed by atoms with Gasteiger partial charge in [0.25, 0.3) is 0 Å². The highest BCUT2D eigenvalue weighted by Gasteiger charge is 2.56. The van der Waals surface area contributed by atoms with Gasteiger partial charge in [0, 0.05) is 5.92 Å². The second-order valence-electron chi connectivity index (χ2n) is 5.28. The van der Waals surface area contributed by atoms with Crippen LogP contribution in [0.4, 0.5) is 0 Å². The van der Waals surface area contributed by atoms with Crippen molar-refractivity contribution in [3.05, 3.63) is 5.92 Å². The topological polar surface area (TPSA) is 17.1 Å². The van der Waals surface area contributed by atoms with Gasteiger partial charge in [-0.1, -0.05) is 27.2 Å². The van der Waals surface area contributed by atoms with E-state index in [4.69, 9.17) is 0 Å². The number of hydrogen-bond acceptors (Lipinski definition) is 1. The third kappa shape index (κ3) is 1.09. The fraction of sp³-hybridized carbons (Fsp3) is 0.833. The Balaban J connectivity index is 2.23. The highest BCUT2D eigenvalue weighted by Crippen LogP contribution is 2.62. The summed E-state index contributed by atoms with van der Waals surface area (Å²) in [7, 11) is 0. The second-order valence-corrected chi connectivity index (χ2v) is 5.28. The van der Waals surface area contributed by atoms with Crippen molar-refractivity contribution >= 4 is 6.29 Å². The molecule has 2 fully saturated rings. The molecule has 0 spiro atoms. The summed E-state index contributed by atoms with van der Waals surface area (Å²) >= 11 is 0. The van der Waals surface area contributed by atoms with Crippen molar-refractivity contribution in [3.8, 4) is 0 Å². The second kappa shape index (κ2) is 2.83. The van der Waals surface area contributed by atoms with Crippen molar-refractivity contribution in [2.24, 2.45) is 23.2 Å². The van der Waals surface area contributed by atoms with E-state index in [1.54, 1.807) is 0 Å². The van der Waals surface area contributed by atoms with Crippen LogP contribution in [0.25, 0.3) is 0 Å². The summed E-state index contributed by atoms with van der Waals surface area (Å²) in [5.41, 5.74) is 0.246. The van der Waals surface area contributed by atoms with Crippen molar-refractivity contribution in [1.82, 2.24) is 0 Å². The Kier molecular flexibility index (Phi) is 2.01. The highest BCUT2D eigenvalue weighted by atomic mass is 16.1. The molecular formula is C12H19O. The molecule has 0 aromatic heterocycles. The number of carbonyl (C=O) groups is 1. The number of carbonyl (C=O) groups excluding carboxylic acids is 1. The zero-order valence-corrected chi connectivity index (χ0v) is 8.84. The van der Waals surface area contributed by atoms with Gasteiger partial charge < -0.3 is 4.79 Å². The Morgan fingerprint density at radius 2 is 2.15 bits per heavy atom. The molecule has 13 heavy (non-hydrogen) atoms. The van der Waals surface area contributed by atoms with Gasteiger partial charge in [-0.3, -0.25) is 0 Å². The van der Waals surface area contributed by atoms with Crippen LogP contribution in [-0.4, -0.2) is 6.29 Å². The highest BCUT2D eigenvalue weighted by molar-refractivity contribution is 5.61. The standard InChI is InChI=1S/C12H19O/c1-4-8-5-9-6-10(8)12(2,3)11(9)7-13/h7-8,10-11H,4-6H2,1-3H3. The molecule has 73 valence electrons. The quantitative estimate of drug-likeness (QED) is 0.596. The van der Waals surface area contributed by atoms with Crippen LogP contribution in [0.1, 0.15) is 40.0 Å². The van der Waals surface area contributed by atoms with Crippen molar-refractivity contribution < 1.29 is 4.79 Å². The van der Waals surface area contributed by atoms with Crippen LogP contribution in [-0.2, 0) is 4.79 Å². The van der Waals surface area contributed by atoms with Crippen LogP contribution in [0.15, 0.2) is 0 Å². The van der Waals surface area contributed by atoms with Crippen molar-refractivity contribution in [1.29, 1.82) is 0 Å². The van der Waals surface area contributed by atoms with E-state index in [0.29, 0.717) is 0 Å². The molecule has 0 aromatic rings. The van der Waals surface area contributed by atoms with E-state index in [1.807, 2.05) is 0 Å². The van der Waals surface area contributed by atoms with Crippen LogP contribution in [0.5, 0.6) is 0 Å². The molecule has 0 amide bonds. The van der Waals surface area contributed by atoms with E-state index in [0.717, 1.165) is 11.8 Å². The molecule has 1 heteroatoms. The molecule has 1 radical (unpaired) electrons. The third-order valence-corrected chi connectivity index (χ3v) is 4.43. The lowest BCUT2D eigenvalue weighted by Gasteiger charge is -2.39. The maximum atomic E-state index is 11.0. The number of hydrogen-bond donors (Lipinski definition) is 0. The van der Waals surface area contributed by atoms with Crippen LogP contribution < -0.4 is 0 Å². The molecule has 2 aliphatic rings. The van der Waals surface area contributed by atoms with Gasteiger partial charge in [0.1, 0.15) is 6.29 Å². The molecule has 0 saturated heterocycles. The van der Waals surface area contributed by atoms with Gasteiger partial charge in [-0.25, -0.2) is 0 Å². The lowest BCUT2D eigenvalue weighted by atomic mass is 9.65. The molecule has 3 unspecified atom stereocenters. The maximum Gasteiger partial charge on any atom is 0.124 e. The Hall–Kier alpha value is -0.330. The van der Waals surface area contributed by atoms with E-state index in [9.17, 15) is 4.79 Å². The van der Waals surface area contributed by atoms with Gasteiger partial charge >= 0.3 is 0 Å². The molecule has 2 saturated carbocycles. The summed E-state index contributed by atoms with van der Waals surface area (Å²) in [6, 6.07) is 0. The lowest BCUT2D eigenvalue weighted by molar-refractivity contribution is -0.114. The first kappa shape index (κ1) is 9.23. The van der Waals surface area contributed by atoms with Gasteiger partial charge in [0.2, 0.25) is 0 Å². The maximum absolute atomic E-state index is 11.0. The number of fused-ring (bicyclic) bond motifs is 2. The fourth-order valence-electron chi connectivity index (χ4n) is 3.59. The zero-order valence-electron chi connectivity index (χ0n) is 8.84. The molecule has 2 bridgehead atoms. The van der Waals surface area contributed by atoms with Crippen LogP contribution in [0.2, 0.25) is 0 Å². The SMILES string of the molecule is CCC1C[C]2CC1C(C)(C)C2C=O. The van der Waals surface area contributed by atoms with Crippen LogP contribution in [0.3, 0.4) is 0 Å². The Morgan fingerprint density at radius 1 is 1.46 bits per heavy atom. The molecule has 0 aliphatic heterocycles. The molecular weight excluding hydrogens is 160 g/mol. The van der Waals surface area contributed by atoms with Crippen LogP contribution in [0, 0.1) is 29.1 Å². The summed E-state index contributed by atoms with van der Waals surface area (Å²) in [6.45, 7) is 6.81. The lowest BCUT2D eigenvalue weighted by Crippen LogP contribution is -2.35. The smallest absolute Gasteiger partial charge is 0.124 e. The number of aldehydes is 1. The predicted molar refractivity (Wildman–Crippen MR) is 53.1 cm³/mol. The summed E-state index contributed by atoms with van der Waals surface area (Å²) in [5.74, 6) is 3.45. The summed E-state index contributed by atoms with van der Waals surface area (Å²) in [6.07, 6.45) is 4.92. The van der Waals surface area contributed by atoms with Crippen molar-refractivity contribution in [3.63, 3.8) is 0 Å². The Labute approximate surface area is 80.9 Å².